The van der Waals surface area contributed by atoms with Crippen molar-refractivity contribution in [3.63, 3.8) is 0 Å². The van der Waals surface area contributed by atoms with Gasteiger partial charge in [-0.05, 0) is 55.5 Å². The van der Waals surface area contributed by atoms with E-state index in [4.69, 9.17) is 9.72 Å². The van der Waals surface area contributed by atoms with E-state index in [1.807, 2.05) is 39.0 Å². The van der Waals surface area contributed by atoms with Crippen molar-refractivity contribution in [1.82, 2.24) is 4.98 Å². The van der Waals surface area contributed by atoms with Crippen molar-refractivity contribution in [3.8, 4) is 23.1 Å². The maximum Gasteiger partial charge on any atom is 0.184 e. The number of carbonyl (C=O) groups excluding carboxylic acids is 1. The summed E-state index contributed by atoms with van der Waals surface area (Å²) in [6.07, 6.45) is 3.90. The molecular formula is C22H24N2O2. The molecule has 1 aromatic heterocycles. The van der Waals surface area contributed by atoms with Crippen LogP contribution in [0.1, 0.15) is 61.6 Å². The molecule has 1 atom stereocenters. The summed E-state index contributed by atoms with van der Waals surface area (Å²) in [5.41, 5.74) is 3.51. The topological polar surface area (TPSA) is 63.0 Å². The number of ketones is 1. The Labute approximate surface area is 154 Å². The number of hydrogen-bond donors (Lipinski definition) is 0. The minimum atomic E-state index is -0.0596. The quantitative estimate of drug-likeness (QED) is 0.664. The Morgan fingerprint density at radius 1 is 1.31 bits per heavy atom. The van der Waals surface area contributed by atoms with Crippen LogP contribution in [-0.4, -0.2) is 16.9 Å². The summed E-state index contributed by atoms with van der Waals surface area (Å²) in [4.78, 5) is 17.5. The van der Waals surface area contributed by atoms with E-state index in [0.29, 0.717) is 17.0 Å². The third kappa shape index (κ3) is 3.77. The second-order valence-electron chi connectivity index (χ2n) is 6.87. The Hall–Kier alpha value is -2.67. The predicted octanol–water partition coefficient (Wildman–Crippen LogP) is 4.95. The standard InChI is InChI=1S/C22H24N2O2/c1-4-14(3)22(25)21-16(5-2)7-10-19(24-21)18-12-15(13-23)6-11-20(18)26-17-8-9-17/h6-7,10-12,14,17H,4-5,8-9H2,1-3H3. The highest BCUT2D eigenvalue weighted by atomic mass is 16.5. The fourth-order valence-electron chi connectivity index (χ4n) is 2.82. The van der Waals surface area contributed by atoms with Crippen molar-refractivity contribution in [2.45, 2.75) is 52.6 Å². The number of hydrogen-bond acceptors (Lipinski definition) is 4. The Morgan fingerprint density at radius 3 is 2.69 bits per heavy atom. The van der Waals surface area contributed by atoms with Gasteiger partial charge in [-0.15, -0.1) is 0 Å². The first kappa shape index (κ1) is 18.1. The van der Waals surface area contributed by atoms with Crippen molar-refractivity contribution < 1.29 is 9.53 Å². The number of carbonyl (C=O) groups is 1. The molecule has 134 valence electrons. The molecule has 4 heteroatoms. The van der Waals surface area contributed by atoms with Crippen molar-refractivity contribution >= 4 is 5.78 Å². The highest BCUT2D eigenvalue weighted by Gasteiger charge is 2.26. The predicted molar refractivity (Wildman–Crippen MR) is 101 cm³/mol. The number of benzene rings is 1. The van der Waals surface area contributed by atoms with Crippen LogP contribution in [-0.2, 0) is 6.42 Å². The van der Waals surface area contributed by atoms with Gasteiger partial charge >= 0.3 is 0 Å². The fourth-order valence-corrected chi connectivity index (χ4v) is 2.82. The molecule has 3 rings (SSSR count). The summed E-state index contributed by atoms with van der Waals surface area (Å²) in [5.74, 6) is 0.744. The third-order valence-corrected chi connectivity index (χ3v) is 4.86. The number of nitriles is 1. The second-order valence-corrected chi connectivity index (χ2v) is 6.87. The Morgan fingerprint density at radius 2 is 2.08 bits per heavy atom. The zero-order valence-electron chi connectivity index (χ0n) is 15.6. The smallest absolute Gasteiger partial charge is 0.184 e. The molecule has 0 aliphatic heterocycles. The van der Waals surface area contributed by atoms with Crippen LogP contribution in [0.4, 0.5) is 0 Å². The number of aryl methyl sites for hydroxylation is 1. The molecule has 1 saturated carbocycles. The van der Waals surface area contributed by atoms with Gasteiger partial charge in [0.25, 0.3) is 0 Å². The number of nitrogens with zero attached hydrogens (tertiary/aromatic N) is 2. The van der Waals surface area contributed by atoms with E-state index in [9.17, 15) is 10.1 Å². The molecular weight excluding hydrogens is 324 g/mol. The van der Waals surface area contributed by atoms with Gasteiger partial charge in [0.05, 0.1) is 23.4 Å². The van der Waals surface area contributed by atoms with Crippen LogP contribution in [0.5, 0.6) is 5.75 Å². The Balaban J connectivity index is 2.08. The molecule has 0 radical (unpaired) electrons. The van der Waals surface area contributed by atoms with Crippen LogP contribution < -0.4 is 4.74 Å². The van der Waals surface area contributed by atoms with Crippen molar-refractivity contribution in [2.75, 3.05) is 0 Å². The van der Waals surface area contributed by atoms with Gasteiger partial charge < -0.3 is 4.74 Å². The first-order valence-electron chi connectivity index (χ1n) is 9.32. The van der Waals surface area contributed by atoms with E-state index < -0.39 is 0 Å². The van der Waals surface area contributed by atoms with E-state index in [2.05, 4.69) is 6.07 Å². The van der Waals surface area contributed by atoms with Crippen molar-refractivity contribution in [3.05, 3.63) is 47.2 Å². The Kier molecular flexibility index (Phi) is 5.37. The van der Waals surface area contributed by atoms with Crippen molar-refractivity contribution in [1.29, 1.82) is 5.26 Å². The summed E-state index contributed by atoms with van der Waals surface area (Å²) in [6.45, 7) is 5.98. The molecule has 2 aromatic rings. The minimum absolute atomic E-state index is 0.0596. The average molecular weight is 348 g/mol. The van der Waals surface area contributed by atoms with Crippen LogP contribution in [0.2, 0.25) is 0 Å². The van der Waals surface area contributed by atoms with Crippen LogP contribution in [0.3, 0.4) is 0 Å². The lowest BCUT2D eigenvalue weighted by molar-refractivity contribution is 0.0921. The monoisotopic (exact) mass is 348 g/mol. The van der Waals surface area contributed by atoms with Gasteiger partial charge in [0.1, 0.15) is 11.4 Å². The van der Waals surface area contributed by atoms with E-state index in [-0.39, 0.29) is 17.8 Å². The molecule has 1 aromatic carbocycles. The maximum atomic E-state index is 12.8. The number of ether oxygens (including phenoxy) is 1. The second kappa shape index (κ2) is 7.70. The van der Waals surface area contributed by atoms with E-state index in [1.54, 1.807) is 12.1 Å². The first-order valence-corrected chi connectivity index (χ1v) is 9.32. The summed E-state index contributed by atoms with van der Waals surface area (Å²) < 4.78 is 6.00. The molecule has 1 unspecified atom stereocenters. The molecule has 0 spiro atoms. The lowest BCUT2D eigenvalue weighted by atomic mass is 9.95. The molecule has 1 fully saturated rings. The van der Waals surface area contributed by atoms with Gasteiger partial charge in [-0.25, -0.2) is 4.98 Å². The van der Waals surface area contributed by atoms with Crippen LogP contribution >= 0.6 is 0 Å². The SMILES string of the molecule is CCc1ccc(-c2cc(C#N)ccc2OC2CC2)nc1C(=O)C(C)CC. The molecule has 0 bridgehead atoms. The van der Waals surface area contributed by atoms with Crippen molar-refractivity contribution in [2.24, 2.45) is 5.92 Å². The highest BCUT2D eigenvalue weighted by molar-refractivity contribution is 5.97. The van der Waals surface area contributed by atoms with Crippen LogP contribution in [0, 0.1) is 17.2 Å². The van der Waals surface area contributed by atoms with Gasteiger partial charge in [-0.3, -0.25) is 4.79 Å². The summed E-state index contributed by atoms with van der Waals surface area (Å²) in [7, 11) is 0. The number of rotatable bonds is 7. The number of Topliss-reactive ketones (excluding diaryl/α,β-unsaturated/α-hetero) is 1. The maximum absolute atomic E-state index is 12.8. The fraction of sp³-hybridized carbons (Fsp3) is 0.409. The lowest BCUT2D eigenvalue weighted by Gasteiger charge is -2.15. The van der Waals surface area contributed by atoms with E-state index >= 15 is 0 Å². The van der Waals surface area contributed by atoms with E-state index in [1.165, 1.54) is 0 Å². The molecule has 1 heterocycles. The number of aromatic nitrogens is 1. The zero-order chi connectivity index (χ0) is 18.7. The highest BCUT2D eigenvalue weighted by Crippen LogP contribution is 2.35. The first-order chi connectivity index (χ1) is 12.6. The third-order valence-electron chi connectivity index (χ3n) is 4.86. The largest absolute Gasteiger partial charge is 0.490 e. The molecule has 1 aliphatic rings. The Bertz CT molecular complexity index is 863. The summed E-state index contributed by atoms with van der Waals surface area (Å²) >= 11 is 0. The average Bonchev–Trinajstić information content (AvgIpc) is 3.50. The normalized spacial score (nSPS) is 14.5. The molecule has 0 amide bonds. The van der Waals surface area contributed by atoms with Crippen LogP contribution in [0.25, 0.3) is 11.3 Å². The zero-order valence-corrected chi connectivity index (χ0v) is 15.6. The minimum Gasteiger partial charge on any atom is -0.490 e. The van der Waals surface area contributed by atoms with Gasteiger partial charge in [0.15, 0.2) is 5.78 Å². The lowest BCUT2D eigenvalue weighted by Crippen LogP contribution is -2.15. The van der Waals surface area contributed by atoms with Gasteiger partial charge in [0.2, 0.25) is 0 Å². The molecule has 0 saturated heterocycles. The van der Waals surface area contributed by atoms with Gasteiger partial charge in [-0.1, -0.05) is 26.8 Å². The molecule has 0 N–H and O–H groups in total. The molecule has 4 nitrogen and oxygen atoms in total. The van der Waals surface area contributed by atoms with Gasteiger partial charge in [-0.2, -0.15) is 5.26 Å². The molecule has 26 heavy (non-hydrogen) atoms. The van der Waals surface area contributed by atoms with Gasteiger partial charge in [0, 0.05) is 11.5 Å². The number of pyridine rings is 1. The summed E-state index contributed by atoms with van der Waals surface area (Å²) in [6, 6.07) is 11.4. The summed E-state index contributed by atoms with van der Waals surface area (Å²) in [5, 5.41) is 9.26. The molecule has 1 aliphatic carbocycles. The van der Waals surface area contributed by atoms with Crippen LogP contribution in [0.15, 0.2) is 30.3 Å². The van der Waals surface area contributed by atoms with E-state index in [0.717, 1.165) is 42.6 Å².